The monoisotopic (exact) mass is 362 g/mol. The minimum atomic E-state index is -1.33. The van der Waals surface area contributed by atoms with E-state index in [0.717, 1.165) is 12.7 Å². The van der Waals surface area contributed by atoms with E-state index in [1.165, 1.54) is 6.92 Å². The number of benzene rings is 1. The highest BCUT2D eigenvalue weighted by Gasteiger charge is 2.30. The summed E-state index contributed by atoms with van der Waals surface area (Å²) in [6.45, 7) is 1.32. The van der Waals surface area contributed by atoms with Gasteiger partial charge in [0.05, 0.1) is 13.2 Å². The van der Waals surface area contributed by atoms with Crippen molar-refractivity contribution in [3.05, 3.63) is 35.9 Å². The number of hydrogen-bond donors (Lipinski definition) is 3. The second-order valence-corrected chi connectivity index (χ2v) is 5.42. The lowest BCUT2D eigenvalue weighted by atomic mass is 10.1. The third-order valence-corrected chi connectivity index (χ3v) is 3.38. The van der Waals surface area contributed by atoms with Crippen molar-refractivity contribution in [2.24, 2.45) is 0 Å². The molecule has 8 nitrogen and oxygen atoms in total. The van der Waals surface area contributed by atoms with Gasteiger partial charge in [-0.15, -0.1) is 12.3 Å². The highest BCUT2D eigenvalue weighted by atomic mass is 16.5. The van der Waals surface area contributed by atoms with E-state index in [2.05, 4.69) is 21.3 Å². The summed E-state index contributed by atoms with van der Waals surface area (Å²) in [5.74, 6) is 0.727. The van der Waals surface area contributed by atoms with E-state index in [9.17, 15) is 19.5 Å². The number of alkyl carbamates (subject to hydrolysis) is 1. The Labute approximate surface area is 151 Å². The van der Waals surface area contributed by atoms with Gasteiger partial charge in [-0.2, -0.15) is 0 Å². The number of terminal acetylenes is 1. The molecule has 1 rings (SSSR count). The van der Waals surface area contributed by atoms with Gasteiger partial charge in [0.25, 0.3) is 0 Å². The fraction of sp³-hybridized carbons (Fsp3) is 0.389. The molecule has 0 saturated carbocycles. The van der Waals surface area contributed by atoms with Crippen LogP contribution in [0.25, 0.3) is 0 Å². The number of carbonyl (C=O) groups excluding carboxylic acids is 3. The van der Waals surface area contributed by atoms with E-state index in [0.29, 0.717) is 0 Å². The minimum Gasteiger partial charge on any atom is -0.467 e. The van der Waals surface area contributed by atoms with Crippen molar-refractivity contribution in [1.29, 1.82) is 0 Å². The van der Waals surface area contributed by atoms with Crippen molar-refractivity contribution in [2.45, 2.75) is 38.1 Å². The van der Waals surface area contributed by atoms with Crippen LogP contribution in [0.3, 0.4) is 0 Å². The van der Waals surface area contributed by atoms with E-state index in [-0.39, 0.29) is 13.0 Å². The third-order valence-electron chi connectivity index (χ3n) is 3.38. The summed E-state index contributed by atoms with van der Waals surface area (Å²) in [7, 11) is 1.16. The van der Waals surface area contributed by atoms with Crippen molar-refractivity contribution < 1.29 is 29.0 Å². The number of hydrogen-bond acceptors (Lipinski definition) is 6. The molecular weight excluding hydrogens is 340 g/mol. The Morgan fingerprint density at radius 3 is 2.42 bits per heavy atom. The first-order valence-electron chi connectivity index (χ1n) is 7.86. The van der Waals surface area contributed by atoms with Gasteiger partial charge in [0.2, 0.25) is 5.91 Å². The zero-order chi connectivity index (χ0) is 19.5. The number of esters is 1. The summed E-state index contributed by atoms with van der Waals surface area (Å²) >= 11 is 0. The van der Waals surface area contributed by atoms with Gasteiger partial charge in [0.15, 0.2) is 0 Å². The molecule has 140 valence electrons. The number of ether oxygens (including phenoxy) is 2. The lowest BCUT2D eigenvalue weighted by Gasteiger charge is -2.23. The second kappa shape index (κ2) is 10.7. The van der Waals surface area contributed by atoms with Crippen molar-refractivity contribution in [3.63, 3.8) is 0 Å². The molecule has 0 aliphatic rings. The molecule has 1 aromatic rings. The number of rotatable bonds is 8. The van der Waals surface area contributed by atoms with Gasteiger partial charge < -0.3 is 25.2 Å². The summed E-state index contributed by atoms with van der Waals surface area (Å²) in [5, 5.41) is 14.4. The third kappa shape index (κ3) is 6.83. The van der Waals surface area contributed by atoms with Gasteiger partial charge in [-0.1, -0.05) is 30.3 Å². The van der Waals surface area contributed by atoms with Gasteiger partial charge in [-0.25, -0.2) is 9.59 Å². The van der Waals surface area contributed by atoms with E-state index < -0.39 is 36.2 Å². The summed E-state index contributed by atoms with van der Waals surface area (Å²) in [5.41, 5.74) is 0.764. The van der Waals surface area contributed by atoms with Gasteiger partial charge >= 0.3 is 12.1 Å². The first kappa shape index (κ1) is 21.0. The standard InChI is InChI=1S/C18H22N2O6/c1-4-8-14(17(23)25-3)19-16(22)15(12(2)21)20-18(24)26-11-13-9-6-5-7-10-13/h1,5-7,9-10,12,14-15,21H,8,11H2,2-3H3,(H,19,22)(H,20,24)/t12-,14+,15+/m1/s1. The summed E-state index contributed by atoms with van der Waals surface area (Å²) in [6.07, 6.45) is 2.95. The van der Waals surface area contributed by atoms with Crippen molar-refractivity contribution in [1.82, 2.24) is 10.6 Å². The van der Waals surface area contributed by atoms with Gasteiger partial charge in [-0.05, 0) is 12.5 Å². The maximum Gasteiger partial charge on any atom is 0.408 e. The highest BCUT2D eigenvalue weighted by molar-refractivity contribution is 5.90. The Bertz CT molecular complexity index is 653. The van der Waals surface area contributed by atoms with E-state index in [1.54, 1.807) is 24.3 Å². The van der Waals surface area contributed by atoms with Crippen LogP contribution < -0.4 is 10.6 Å². The first-order valence-corrected chi connectivity index (χ1v) is 7.86. The normalized spacial score (nSPS) is 13.5. The molecule has 0 aliphatic carbocycles. The van der Waals surface area contributed by atoms with E-state index >= 15 is 0 Å². The molecule has 0 unspecified atom stereocenters. The molecule has 26 heavy (non-hydrogen) atoms. The molecule has 2 amide bonds. The largest absolute Gasteiger partial charge is 0.467 e. The van der Waals surface area contributed by atoms with Crippen molar-refractivity contribution in [2.75, 3.05) is 7.11 Å². The molecule has 3 N–H and O–H groups in total. The first-order chi connectivity index (χ1) is 12.4. The molecule has 0 spiro atoms. The average molecular weight is 362 g/mol. The second-order valence-electron chi connectivity index (χ2n) is 5.42. The van der Waals surface area contributed by atoms with Crippen LogP contribution in [0.4, 0.5) is 4.79 Å². The Balaban J connectivity index is 2.66. The molecule has 0 radical (unpaired) electrons. The number of aliphatic hydroxyl groups is 1. The van der Waals surface area contributed by atoms with E-state index in [1.807, 2.05) is 6.07 Å². The molecule has 1 aromatic carbocycles. The molecular formula is C18H22N2O6. The van der Waals surface area contributed by atoms with Crippen LogP contribution >= 0.6 is 0 Å². The Kier molecular flexibility index (Phi) is 8.67. The van der Waals surface area contributed by atoms with Crippen molar-refractivity contribution >= 4 is 18.0 Å². The SMILES string of the molecule is C#CC[C@H](NC(=O)[C@@H](NC(=O)OCc1ccccc1)[C@@H](C)O)C(=O)OC. The highest BCUT2D eigenvalue weighted by Crippen LogP contribution is 2.03. The van der Waals surface area contributed by atoms with Gasteiger partial charge in [-0.3, -0.25) is 4.79 Å². The molecule has 8 heteroatoms. The molecule has 0 saturated heterocycles. The van der Waals surface area contributed by atoms with Crippen LogP contribution in [0.2, 0.25) is 0 Å². The zero-order valence-electron chi connectivity index (χ0n) is 14.6. The minimum absolute atomic E-state index is 0.00268. The Morgan fingerprint density at radius 2 is 1.88 bits per heavy atom. The van der Waals surface area contributed by atoms with Crippen LogP contribution in [-0.2, 0) is 25.7 Å². The summed E-state index contributed by atoms with van der Waals surface area (Å²) < 4.78 is 9.57. The Hall–Kier alpha value is -3.05. The van der Waals surface area contributed by atoms with Crippen LogP contribution in [0, 0.1) is 12.3 Å². The molecule has 0 bridgehead atoms. The van der Waals surface area contributed by atoms with Crippen LogP contribution in [0.15, 0.2) is 30.3 Å². The maximum atomic E-state index is 12.3. The molecule has 0 aromatic heterocycles. The lowest BCUT2D eigenvalue weighted by molar-refractivity contribution is -0.145. The molecule has 0 heterocycles. The number of nitrogens with one attached hydrogen (secondary N) is 2. The summed E-state index contributed by atoms with van der Waals surface area (Å²) in [6, 6.07) is 6.54. The van der Waals surface area contributed by atoms with Gasteiger partial charge in [0, 0.05) is 6.42 Å². The quantitative estimate of drug-likeness (QED) is 0.454. The fourth-order valence-electron chi connectivity index (χ4n) is 2.01. The maximum absolute atomic E-state index is 12.3. The number of carbonyl (C=O) groups is 3. The number of aliphatic hydroxyl groups excluding tert-OH is 1. The van der Waals surface area contributed by atoms with E-state index in [4.69, 9.17) is 11.2 Å². The fourth-order valence-corrected chi connectivity index (χ4v) is 2.01. The van der Waals surface area contributed by atoms with Gasteiger partial charge in [0.1, 0.15) is 18.7 Å². The topological polar surface area (TPSA) is 114 Å². The molecule has 0 aliphatic heterocycles. The predicted octanol–water partition coefficient (Wildman–Crippen LogP) is 0.343. The molecule has 0 fully saturated rings. The summed E-state index contributed by atoms with van der Waals surface area (Å²) in [4.78, 5) is 35.8. The van der Waals surface area contributed by atoms with Crippen molar-refractivity contribution in [3.8, 4) is 12.3 Å². The molecule has 3 atom stereocenters. The average Bonchev–Trinajstić information content (AvgIpc) is 2.63. The number of amides is 2. The van der Waals surface area contributed by atoms with Crippen LogP contribution in [-0.4, -0.2) is 48.4 Å². The van der Waals surface area contributed by atoms with Crippen LogP contribution in [0.1, 0.15) is 18.9 Å². The Morgan fingerprint density at radius 1 is 1.23 bits per heavy atom. The van der Waals surface area contributed by atoms with Crippen LogP contribution in [0.5, 0.6) is 0 Å². The predicted molar refractivity (Wildman–Crippen MR) is 92.6 cm³/mol. The smallest absolute Gasteiger partial charge is 0.408 e. The lowest BCUT2D eigenvalue weighted by Crippen LogP contribution is -2.55. The number of methoxy groups -OCH3 is 1. The zero-order valence-corrected chi connectivity index (χ0v) is 14.6.